The average molecular weight is 194 g/mol. The lowest BCUT2D eigenvalue weighted by Crippen LogP contribution is -2.33. The van der Waals surface area contributed by atoms with E-state index in [1.807, 2.05) is 0 Å². The van der Waals surface area contributed by atoms with Crippen LogP contribution in [0.4, 0.5) is 4.20 Å². The Balaban J connectivity index is 2.03. The van der Waals surface area contributed by atoms with Crippen LogP contribution in [0.15, 0.2) is 0 Å². The van der Waals surface area contributed by atoms with Crippen molar-refractivity contribution in [2.75, 3.05) is 6.61 Å². The summed E-state index contributed by atoms with van der Waals surface area (Å²) >= 11 is 0. The quantitative estimate of drug-likeness (QED) is 0.556. The first-order valence-corrected chi connectivity index (χ1v) is 5.73. The van der Waals surface area contributed by atoms with Crippen LogP contribution in [0.25, 0.3) is 0 Å². The molecular weight excluding hydrogens is 182 g/mol. The van der Waals surface area contributed by atoms with E-state index in [1.165, 1.54) is 0 Å². The van der Waals surface area contributed by atoms with Gasteiger partial charge in [-0.25, -0.2) is 4.57 Å². The molecule has 12 heavy (non-hydrogen) atoms. The van der Waals surface area contributed by atoms with Gasteiger partial charge in [-0.1, -0.05) is 12.8 Å². The van der Waals surface area contributed by atoms with Crippen molar-refractivity contribution in [1.82, 2.24) is 0 Å². The molecule has 0 aromatic heterocycles. The number of hydrogen-bond acceptors (Lipinski definition) is 3. The van der Waals surface area contributed by atoms with Gasteiger partial charge in [0.25, 0.3) is 0 Å². The second-order valence-electron chi connectivity index (χ2n) is 3.41. The monoisotopic (exact) mass is 194 g/mol. The summed E-state index contributed by atoms with van der Waals surface area (Å²) in [5.74, 6) is 0.261. The second-order valence-corrected chi connectivity index (χ2v) is 4.75. The Hall–Kier alpha value is 0.0800. The lowest BCUT2D eigenvalue weighted by Gasteiger charge is -2.35. The predicted octanol–water partition coefficient (Wildman–Crippen LogP) is 2.67. The molecule has 1 aliphatic carbocycles. The molecule has 1 saturated carbocycles. The molecule has 0 unspecified atom stereocenters. The summed E-state index contributed by atoms with van der Waals surface area (Å²) in [5.41, 5.74) is 0. The van der Waals surface area contributed by atoms with Crippen LogP contribution in [-0.4, -0.2) is 12.7 Å². The molecule has 2 aliphatic rings. The van der Waals surface area contributed by atoms with E-state index >= 15 is 0 Å². The molecule has 2 fully saturated rings. The van der Waals surface area contributed by atoms with Gasteiger partial charge in [0.05, 0.1) is 12.7 Å². The summed E-state index contributed by atoms with van der Waals surface area (Å²) in [7, 11) is -4.18. The van der Waals surface area contributed by atoms with E-state index in [0.717, 1.165) is 25.7 Å². The van der Waals surface area contributed by atoms with Gasteiger partial charge in [-0.2, -0.15) is 0 Å². The van der Waals surface area contributed by atoms with Gasteiger partial charge in [0.15, 0.2) is 0 Å². The van der Waals surface area contributed by atoms with Crippen molar-refractivity contribution in [3.05, 3.63) is 0 Å². The highest BCUT2D eigenvalue weighted by Crippen LogP contribution is 2.56. The fraction of sp³-hybridized carbons (Fsp3) is 1.00. The Morgan fingerprint density at radius 2 is 2.08 bits per heavy atom. The van der Waals surface area contributed by atoms with Crippen LogP contribution < -0.4 is 0 Å². The Morgan fingerprint density at radius 3 is 2.92 bits per heavy atom. The van der Waals surface area contributed by atoms with Crippen molar-refractivity contribution >= 4 is 7.91 Å². The highest BCUT2D eigenvalue weighted by molar-refractivity contribution is 7.48. The molecule has 0 aromatic rings. The fourth-order valence-corrected chi connectivity index (χ4v) is 2.91. The average Bonchev–Trinajstić information content (AvgIpc) is 2.02. The minimum absolute atomic E-state index is 0.164. The molecule has 0 radical (unpaired) electrons. The van der Waals surface area contributed by atoms with E-state index in [9.17, 15) is 8.76 Å². The topological polar surface area (TPSA) is 35.5 Å². The number of hydrogen-bond donors (Lipinski definition) is 0. The van der Waals surface area contributed by atoms with E-state index in [2.05, 4.69) is 4.52 Å². The molecule has 2 rings (SSSR count). The first kappa shape index (κ1) is 8.67. The van der Waals surface area contributed by atoms with Crippen LogP contribution in [-0.2, 0) is 13.6 Å². The third-order valence-corrected chi connectivity index (χ3v) is 3.52. The zero-order valence-electron chi connectivity index (χ0n) is 6.74. The summed E-state index contributed by atoms with van der Waals surface area (Å²) in [4.78, 5) is 0. The van der Waals surface area contributed by atoms with Crippen LogP contribution in [0.3, 0.4) is 0 Å². The molecule has 0 N–H and O–H groups in total. The summed E-state index contributed by atoms with van der Waals surface area (Å²) in [5, 5.41) is 0. The van der Waals surface area contributed by atoms with E-state index in [1.54, 1.807) is 0 Å². The van der Waals surface area contributed by atoms with Crippen LogP contribution in [0.1, 0.15) is 25.7 Å². The molecule has 0 aromatic carbocycles. The standard InChI is InChI=1S/C7H12FO3P/c8-12(9)10-5-6-3-1-2-4-7(6)11-12/h6-7H,1-5H2/t6-,7+,12-/m1/s1. The molecule has 1 heterocycles. The van der Waals surface area contributed by atoms with Gasteiger partial charge in [-0.15, -0.1) is 4.20 Å². The van der Waals surface area contributed by atoms with Gasteiger partial charge in [0, 0.05) is 5.92 Å². The van der Waals surface area contributed by atoms with Crippen molar-refractivity contribution in [2.45, 2.75) is 31.8 Å². The summed E-state index contributed by atoms with van der Waals surface area (Å²) in [6.45, 7) is 0.262. The highest BCUT2D eigenvalue weighted by atomic mass is 31.2. The third-order valence-electron chi connectivity index (χ3n) is 2.54. The maximum absolute atomic E-state index is 12.8. The van der Waals surface area contributed by atoms with E-state index in [0.29, 0.717) is 0 Å². The molecule has 3 nitrogen and oxygen atoms in total. The van der Waals surface area contributed by atoms with Crippen LogP contribution in [0.5, 0.6) is 0 Å². The van der Waals surface area contributed by atoms with Gasteiger partial charge in [0.1, 0.15) is 0 Å². The van der Waals surface area contributed by atoms with Crippen LogP contribution in [0.2, 0.25) is 0 Å². The minimum atomic E-state index is -4.18. The van der Waals surface area contributed by atoms with Crippen molar-refractivity contribution in [3.63, 3.8) is 0 Å². The fourth-order valence-electron chi connectivity index (χ4n) is 1.88. The maximum Gasteiger partial charge on any atom is 0.513 e. The van der Waals surface area contributed by atoms with Crippen molar-refractivity contribution < 1.29 is 17.8 Å². The van der Waals surface area contributed by atoms with Crippen LogP contribution in [0, 0.1) is 5.92 Å². The predicted molar refractivity (Wildman–Crippen MR) is 41.5 cm³/mol. The highest BCUT2D eigenvalue weighted by Gasteiger charge is 2.40. The summed E-state index contributed by atoms with van der Waals surface area (Å²) in [6.07, 6.45) is 3.85. The Bertz CT molecular complexity index is 221. The zero-order chi connectivity index (χ0) is 8.60. The Morgan fingerprint density at radius 1 is 1.33 bits per heavy atom. The van der Waals surface area contributed by atoms with Gasteiger partial charge >= 0.3 is 7.91 Å². The zero-order valence-corrected chi connectivity index (χ0v) is 7.63. The van der Waals surface area contributed by atoms with Crippen LogP contribution >= 0.6 is 7.91 Å². The lowest BCUT2D eigenvalue weighted by atomic mass is 9.87. The van der Waals surface area contributed by atoms with Crippen molar-refractivity contribution in [1.29, 1.82) is 0 Å². The molecule has 0 amide bonds. The molecular formula is C7H12FO3P. The number of fused-ring (bicyclic) bond motifs is 1. The van der Waals surface area contributed by atoms with E-state index < -0.39 is 7.91 Å². The van der Waals surface area contributed by atoms with E-state index in [-0.39, 0.29) is 18.6 Å². The van der Waals surface area contributed by atoms with Gasteiger partial charge < -0.3 is 0 Å². The summed E-state index contributed by atoms with van der Waals surface area (Å²) < 4.78 is 32.8. The first-order chi connectivity index (χ1) is 5.67. The third kappa shape index (κ3) is 1.70. The molecule has 70 valence electrons. The molecule has 0 bridgehead atoms. The minimum Gasteiger partial charge on any atom is -0.283 e. The first-order valence-electron chi connectivity index (χ1n) is 4.30. The molecule has 1 aliphatic heterocycles. The second kappa shape index (κ2) is 3.09. The number of halogens is 1. The molecule has 3 atom stereocenters. The lowest BCUT2D eigenvalue weighted by molar-refractivity contribution is -0.0106. The van der Waals surface area contributed by atoms with Gasteiger partial charge in [-0.05, 0) is 12.8 Å². The SMILES string of the molecule is O=[P@]1(F)OC[C@H]2CCCC[C@@H]2O1. The largest absolute Gasteiger partial charge is 0.513 e. The number of rotatable bonds is 0. The van der Waals surface area contributed by atoms with Gasteiger partial charge in [0.2, 0.25) is 0 Å². The van der Waals surface area contributed by atoms with E-state index in [4.69, 9.17) is 4.52 Å². The normalized spacial score (nSPS) is 48.4. The molecule has 5 heteroatoms. The maximum atomic E-state index is 12.8. The van der Waals surface area contributed by atoms with Crippen molar-refractivity contribution in [3.8, 4) is 0 Å². The molecule has 0 spiro atoms. The van der Waals surface area contributed by atoms with Crippen molar-refractivity contribution in [2.24, 2.45) is 5.92 Å². The smallest absolute Gasteiger partial charge is 0.283 e. The Labute approximate surface area is 70.9 Å². The molecule has 1 saturated heterocycles. The Kier molecular flexibility index (Phi) is 2.23. The van der Waals surface area contributed by atoms with Gasteiger partial charge in [-0.3, -0.25) is 9.05 Å². The summed E-state index contributed by atoms with van der Waals surface area (Å²) in [6, 6.07) is 0.